The standard InChI is InChI=1S/C18H16ClN3O3/c1-11-6-5-7-13(10-11)17-21-18(22-25-17)20-16(23)12(2)24-15-9-4-3-8-14(15)19/h3-10,12H,1-2H3,(H,20,22,23)/t12-/m1/s1. The van der Waals surface area contributed by atoms with Crippen LogP contribution in [0.25, 0.3) is 11.5 Å². The van der Waals surface area contributed by atoms with Crippen molar-refractivity contribution in [3.63, 3.8) is 0 Å². The number of para-hydroxylation sites is 1. The number of carbonyl (C=O) groups excluding carboxylic acids is 1. The lowest BCUT2D eigenvalue weighted by Gasteiger charge is -2.14. The van der Waals surface area contributed by atoms with Gasteiger partial charge in [-0.05, 0) is 43.3 Å². The van der Waals surface area contributed by atoms with Crippen LogP contribution in [0.4, 0.5) is 5.95 Å². The molecule has 25 heavy (non-hydrogen) atoms. The van der Waals surface area contributed by atoms with Crippen LogP contribution >= 0.6 is 11.6 Å². The molecule has 0 bridgehead atoms. The molecular weight excluding hydrogens is 342 g/mol. The maximum Gasteiger partial charge on any atom is 0.270 e. The minimum Gasteiger partial charge on any atom is -0.479 e. The number of anilines is 1. The molecule has 7 heteroatoms. The van der Waals surface area contributed by atoms with Gasteiger partial charge in [-0.1, -0.05) is 41.4 Å². The lowest BCUT2D eigenvalue weighted by molar-refractivity contribution is -0.122. The number of nitrogens with zero attached hydrogens (tertiary/aromatic N) is 2. The molecule has 0 spiro atoms. The average Bonchev–Trinajstić information content (AvgIpc) is 3.05. The van der Waals surface area contributed by atoms with E-state index in [2.05, 4.69) is 15.5 Å². The Balaban J connectivity index is 1.66. The number of halogens is 1. The van der Waals surface area contributed by atoms with Gasteiger partial charge >= 0.3 is 0 Å². The van der Waals surface area contributed by atoms with Crippen LogP contribution in [0.15, 0.2) is 53.1 Å². The van der Waals surface area contributed by atoms with E-state index in [0.717, 1.165) is 11.1 Å². The Kier molecular flexibility index (Phi) is 5.00. The molecule has 128 valence electrons. The number of amides is 1. The van der Waals surface area contributed by atoms with E-state index in [1.54, 1.807) is 31.2 Å². The summed E-state index contributed by atoms with van der Waals surface area (Å²) < 4.78 is 10.7. The van der Waals surface area contributed by atoms with Gasteiger partial charge in [0.25, 0.3) is 17.7 Å². The van der Waals surface area contributed by atoms with E-state index >= 15 is 0 Å². The van der Waals surface area contributed by atoms with Gasteiger partial charge in [-0.15, -0.1) is 0 Å². The van der Waals surface area contributed by atoms with Crippen molar-refractivity contribution in [3.05, 3.63) is 59.1 Å². The molecule has 1 atom stereocenters. The predicted molar refractivity (Wildman–Crippen MR) is 94.6 cm³/mol. The van der Waals surface area contributed by atoms with Crippen molar-refractivity contribution >= 4 is 23.5 Å². The first-order chi connectivity index (χ1) is 12.0. The summed E-state index contributed by atoms with van der Waals surface area (Å²) in [7, 11) is 0. The van der Waals surface area contributed by atoms with Crippen molar-refractivity contribution in [2.45, 2.75) is 20.0 Å². The second kappa shape index (κ2) is 7.36. The van der Waals surface area contributed by atoms with E-state index in [9.17, 15) is 4.79 Å². The molecule has 0 aliphatic heterocycles. The molecule has 0 aliphatic rings. The van der Waals surface area contributed by atoms with Crippen LogP contribution in [-0.2, 0) is 4.79 Å². The highest BCUT2D eigenvalue weighted by atomic mass is 35.5. The molecule has 3 aromatic rings. The first-order valence-corrected chi connectivity index (χ1v) is 8.03. The normalized spacial score (nSPS) is 11.8. The Hall–Kier alpha value is -2.86. The molecular formula is C18H16ClN3O3. The van der Waals surface area contributed by atoms with Crippen LogP contribution in [0, 0.1) is 6.92 Å². The third-order valence-corrected chi connectivity index (χ3v) is 3.75. The van der Waals surface area contributed by atoms with Gasteiger partial charge in [-0.2, -0.15) is 4.98 Å². The van der Waals surface area contributed by atoms with E-state index in [1.165, 1.54) is 0 Å². The third-order valence-electron chi connectivity index (χ3n) is 3.44. The maximum absolute atomic E-state index is 12.2. The van der Waals surface area contributed by atoms with Gasteiger partial charge in [-0.25, -0.2) is 0 Å². The summed E-state index contributed by atoms with van der Waals surface area (Å²) in [6, 6.07) is 14.6. The molecule has 1 N–H and O–H groups in total. The SMILES string of the molecule is Cc1cccc(-c2nc(NC(=O)[C@@H](C)Oc3ccccc3Cl)no2)c1. The summed E-state index contributed by atoms with van der Waals surface area (Å²) in [6.45, 7) is 3.58. The Morgan fingerprint density at radius 1 is 1.24 bits per heavy atom. The zero-order chi connectivity index (χ0) is 17.8. The highest BCUT2D eigenvalue weighted by molar-refractivity contribution is 6.32. The first-order valence-electron chi connectivity index (χ1n) is 7.66. The average molecular weight is 358 g/mol. The maximum atomic E-state index is 12.2. The smallest absolute Gasteiger partial charge is 0.270 e. The number of rotatable bonds is 5. The van der Waals surface area contributed by atoms with Gasteiger partial charge in [0.05, 0.1) is 5.02 Å². The molecule has 1 aromatic heterocycles. The Bertz CT molecular complexity index is 895. The number of ether oxygens (including phenoxy) is 1. The number of aromatic nitrogens is 2. The molecule has 0 radical (unpaired) electrons. The van der Waals surface area contributed by atoms with E-state index < -0.39 is 12.0 Å². The van der Waals surface area contributed by atoms with Crippen molar-refractivity contribution in [2.24, 2.45) is 0 Å². The van der Waals surface area contributed by atoms with Crippen LogP contribution < -0.4 is 10.1 Å². The molecule has 6 nitrogen and oxygen atoms in total. The summed E-state index contributed by atoms with van der Waals surface area (Å²) in [5, 5.41) is 6.77. The molecule has 1 amide bonds. The molecule has 0 fully saturated rings. The molecule has 3 rings (SSSR count). The molecule has 0 saturated heterocycles. The van der Waals surface area contributed by atoms with Gasteiger partial charge < -0.3 is 9.26 Å². The summed E-state index contributed by atoms with van der Waals surface area (Å²) in [4.78, 5) is 16.4. The summed E-state index contributed by atoms with van der Waals surface area (Å²) in [5.41, 5.74) is 1.86. The van der Waals surface area contributed by atoms with E-state index in [4.69, 9.17) is 20.9 Å². The van der Waals surface area contributed by atoms with Gasteiger partial charge in [0.15, 0.2) is 6.10 Å². The number of aryl methyl sites for hydroxylation is 1. The predicted octanol–water partition coefficient (Wildman–Crippen LogP) is 4.10. The van der Waals surface area contributed by atoms with Crippen molar-refractivity contribution < 1.29 is 14.1 Å². The lowest BCUT2D eigenvalue weighted by atomic mass is 10.1. The highest BCUT2D eigenvalue weighted by Crippen LogP contribution is 2.24. The number of hydrogen-bond acceptors (Lipinski definition) is 5. The fraction of sp³-hybridized carbons (Fsp3) is 0.167. The Labute approximate surface area is 149 Å². The van der Waals surface area contributed by atoms with Gasteiger partial charge in [0, 0.05) is 5.56 Å². The Morgan fingerprint density at radius 3 is 2.80 bits per heavy atom. The van der Waals surface area contributed by atoms with Gasteiger partial charge in [0.2, 0.25) is 0 Å². The van der Waals surface area contributed by atoms with E-state index in [1.807, 2.05) is 31.2 Å². The van der Waals surface area contributed by atoms with E-state index in [-0.39, 0.29) is 5.95 Å². The molecule has 0 aliphatic carbocycles. The second-order valence-electron chi connectivity index (χ2n) is 5.47. The van der Waals surface area contributed by atoms with E-state index in [0.29, 0.717) is 16.7 Å². The van der Waals surface area contributed by atoms with Crippen molar-refractivity contribution in [1.82, 2.24) is 10.1 Å². The van der Waals surface area contributed by atoms with Gasteiger partial charge in [-0.3, -0.25) is 10.1 Å². The highest BCUT2D eigenvalue weighted by Gasteiger charge is 2.19. The van der Waals surface area contributed by atoms with Crippen LogP contribution in [0.1, 0.15) is 12.5 Å². The van der Waals surface area contributed by atoms with Crippen LogP contribution in [0.3, 0.4) is 0 Å². The number of hydrogen-bond donors (Lipinski definition) is 1. The van der Waals surface area contributed by atoms with Crippen molar-refractivity contribution in [1.29, 1.82) is 0 Å². The second-order valence-corrected chi connectivity index (χ2v) is 5.88. The molecule has 2 aromatic carbocycles. The minimum absolute atomic E-state index is 0.0797. The monoisotopic (exact) mass is 357 g/mol. The number of benzene rings is 2. The third kappa shape index (κ3) is 4.16. The quantitative estimate of drug-likeness (QED) is 0.743. The van der Waals surface area contributed by atoms with Crippen LogP contribution in [0.2, 0.25) is 5.02 Å². The van der Waals surface area contributed by atoms with Gasteiger partial charge in [0.1, 0.15) is 5.75 Å². The zero-order valence-corrected chi connectivity index (χ0v) is 14.4. The zero-order valence-electron chi connectivity index (χ0n) is 13.7. The van der Waals surface area contributed by atoms with Crippen molar-refractivity contribution in [3.8, 4) is 17.2 Å². The fourth-order valence-corrected chi connectivity index (χ4v) is 2.35. The molecule has 1 heterocycles. The largest absolute Gasteiger partial charge is 0.479 e. The Morgan fingerprint density at radius 2 is 2.04 bits per heavy atom. The van der Waals surface area contributed by atoms with Crippen molar-refractivity contribution in [2.75, 3.05) is 5.32 Å². The number of nitrogens with one attached hydrogen (secondary N) is 1. The molecule has 0 unspecified atom stereocenters. The fourth-order valence-electron chi connectivity index (χ4n) is 2.17. The summed E-state index contributed by atoms with van der Waals surface area (Å²) in [6.07, 6.45) is -0.777. The number of carbonyl (C=O) groups is 1. The lowest BCUT2D eigenvalue weighted by Crippen LogP contribution is -2.30. The first kappa shape index (κ1) is 17.0. The summed E-state index contributed by atoms with van der Waals surface area (Å²) >= 11 is 6.02. The summed E-state index contributed by atoms with van der Waals surface area (Å²) in [5.74, 6) is 0.437. The minimum atomic E-state index is -0.777. The van der Waals surface area contributed by atoms with Crippen LogP contribution in [0.5, 0.6) is 5.75 Å². The molecule has 0 saturated carbocycles. The van der Waals surface area contributed by atoms with Crippen LogP contribution in [-0.4, -0.2) is 22.2 Å². The topological polar surface area (TPSA) is 77.2 Å².